The zero-order valence-corrected chi connectivity index (χ0v) is 21.9. The van der Waals surface area contributed by atoms with Crippen molar-refractivity contribution >= 4 is 43.2 Å². The fourth-order valence-corrected chi connectivity index (χ4v) is 7.25. The number of piperazine rings is 1. The van der Waals surface area contributed by atoms with Crippen molar-refractivity contribution in [2.75, 3.05) is 25.0 Å². The number of rotatable bonds is 6. The van der Waals surface area contributed by atoms with E-state index in [1.807, 2.05) is 0 Å². The number of alkyl halides is 3. The lowest BCUT2D eigenvalue weighted by atomic mass is 10.1. The molecule has 0 aromatic heterocycles. The molecule has 3 aromatic carbocycles. The molecule has 202 valence electrons. The molecule has 4 rings (SSSR count). The molecule has 0 saturated carbocycles. The molecule has 1 heterocycles. The van der Waals surface area contributed by atoms with Crippen molar-refractivity contribution < 1.29 is 34.8 Å². The second-order valence-electron chi connectivity index (χ2n) is 8.30. The third-order valence-electron chi connectivity index (χ3n) is 5.87. The normalized spacial score (nSPS) is 17.7. The molecule has 1 unspecified atom stereocenters. The summed E-state index contributed by atoms with van der Waals surface area (Å²) in [5, 5.41) is 1.71. The molecule has 3 aromatic rings. The van der Waals surface area contributed by atoms with E-state index in [0.29, 0.717) is 6.07 Å². The lowest BCUT2D eigenvalue weighted by Gasteiger charge is -2.38. The Balaban J connectivity index is 1.70. The van der Waals surface area contributed by atoms with Crippen LogP contribution in [0.2, 0.25) is 5.02 Å². The van der Waals surface area contributed by atoms with E-state index in [2.05, 4.69) is 5.32 Å². The summed E-state index contributed by atoms with van der Waals surface area (Å²) in [4.78, 5) is 13.2. The summed E-state index contributed by atoms with van der Waals surface area (Å²) in [5.41, 5.74) is -1.48. The van der Waals surface area contributed by atoms with Crippen LogP contribution in [0.5, 0.6) is 0 Å². The van der Waals surface area contributed by atoms with Crippen molar-refractivity contribution in [2.24, 2.45) is 0 Å². The Morgan fingerprint density at radius 3 is 1.95 bits per heavy atom. The molecular formula is C24H21ClF3N3O5S2. The topological polar surface area (TPSA) is 104 Å². The fraction of sp³-hybridized carbons (Fsp3) is 0.208. The van der Waals surface area contributed by atoms with E-state index in [0.717, 1.165) is 20.7 Å². The number of nitrogens with zero attached hydrogens (tertiary/aromatic N) is 2. The van der Waals surface area contributed by atoms with Gasteiger partial charge in [-0.3, -0.25) is 4.79 Å². The maximum atomic E-state index is 13.4. The van der Waals surface area contributed by atoms with Gasteiger partial charge in [0.2, 0.25) is 26.0 Å². The van der Waals surface area contributed by atoms with Crippen LogP contribution < -0.4 is 5.32 Å². The number of hydrogen-bond acceptors (Lipinski definition) is 5. The molecule has 38 heavy (non-hydrogen) atoms. The first-order chi connectivity index (χ1) is 17.8. The number of carbonyl (C=O) groups excluding carboxylic acids is 1. The summed E-state index contributed by atoms with van der Waals surface area (Å²) in [6, 6.07) is 15.7. The molecule has 0 radical (unpaired) electrons. The van der Waals surface area contributed by atoms with Crippen LogP contribution in [0, 0.1) is 0 Å². The SMILES string of the molecule is O=C(Nc1ccc(Cl)c(C(F)(F)F)c1)C1CN(S(=O)(=O)c2ccccc2)CCN1S(=O)(=O)c1ccccc1. The van der Waals surface area contributed by atoms with Gasteiger partial charge in [0.05, 0.1) is 20.4 Å². The molecule has 1 fully saturated rings. The van der Waals surface area contributed by atoms with Crippen LogP contribution >= 0.6 is 11.6 Å². The predicted octanol–water partition coefficient (Wildman–Crippen LogP) is 4.06. The highest BCUT2D eigenvalue weighted by atomic mass is 35.5. The average Bonchev–Trinajstić information content (AvgIpc) is 2.89. The number of hydrogen-bond donors (Lipinski definition) is 1. The molecular weight excluding hydrogens is 567 g/mol. The average molecular weight is 588 g/mol. The number of carbonyl (C=O) groups is 1. The number of benzene rings is 3. The highest BCUT2D eigenvalue weighted by Gasteiger charge is 2.43. The molecule has 8 nitrogen and oxygen atoms in total. The molecule has 0 bridgehead atoms. The molecule has 14 heteroatoms. The van der Waals surface area contributed by atoms with Crippen LogP contribution in [0.3, 0.4) is 0 Å². The minimum absolute atomic E-state index is 0.0500. The van der Waals surface area contributed by atoms with Gasteiger partial charge in [-0.1, -0.05) is 48.0 Å². The van der Waals surface area contributed by atoms with Gasteiger partial charge in [-0.15, -0.1) is 0 Å². The third kappa shape index (κ3) is 5.71. The molecule has 1 aliphatic rings. The Kier molecular flexibility index (Phi) is 7.86. The minimum Gasteiger partial charge on any atom is -0.325 e. The molecule has 1 atom stereocenters. The molecule has 0 aliphatic carbocycles. The maximum absolute atomic E-state index is 13.4. The van der Waals surface area contributed by atoms with Crippen molar-refractivity contribution in [3.8, 4) is 0 Å². The zero-order valence-electron chi connectivity index (χ0n) is 19.5. The van der Waals surface area contributed by atoms with Crippen molar-refractivity contribution in [3.05, 3.63) is 89.4 Å². The van der Waals surface area contributed by atoms with Gasteiger partial charge in [-0.2, -0.15) is 21.8 Å². The quantitative estimate of drug-likeness (QED) is 0.468. The van der Waals surface area contributed by atoms with Gasteiger partial charge in [-0.25, -0.2) is 16.8 Å². The second kappa shape index (κ2) is 10.7. The molecule has 1 aliphatic heterocycles. The summed E-state index contributed by atoms with van der Waals surface area (Å²) < 4.78 is 95.1. The maximum Gasteiger partial charge on any atom is 0.417 e. The Morgan fingerprint density at radius 1 is 0.842 bits per heavy atom. The summed E-state index contributed by atoms with van der Waals surface area (Å²) >= 11 is 5.65. The first-order valence-electron chi connectivity index (χ1n) is 11.1. The Hall–Kier alpha value is -2.97. The van der Waals surface area contributed by atoms with Gasteiger partial charge in [0.15, 0.2) is 0 Å². The molecule has 1 amide bonds. The van der Waals surface area contributed by atoms with E-state index in [-0.39, 0.29) is 28.6 Å². The van der Waals surface area contributed by atoms with Crippen molar-refractivity contribution in [3.63, 3.8) is 0 Å². The zero-order chi connectivity index (χ0) is 27.7. The van der Waals surface area contributed by atoms with Crippen molar-refractivity contribution in [1.82, 2.24) is 8.61 Å². The van der Waals surface area contributed by atoms with E-state index in [1.54, 1.807) is 12.1 Å². The van der Waals surface area contributed by atoms with Crippen molar-refractivity contribution in [1.29, 1.82) is 0 Å². The lowest BCUT2D eigenvalue weighted by molar-refractivity contribution is -0.137. The summed E-state index contributed by atoms with van der Waals surface area (Å²) in [7, 11) is -8.37. The van der Waals surface area contributed by atoms with Gasteiger partial charge >= 0.3 is 6.18 Å². The van der Waals surface area contributed by atoms with Gasteiger partial charge in [-0.05, 0) is 42.5 Å². The van der Waals surface area contributed by atoms with Crippen LogP contribution in [0.1, 0.15) is 5.56 Å². The van der Waals surface area contributed by atoms with E-state index in [9.17, 15) is 34.8 Å². The number of sulfonamides is 2. The number of amides is 1. The van der Waals surface area contributed by atoms with Crippen LogP contribution in [0.15, 0.2) is 88.7 Å². The molecule has 0 spiro atoms. The second-order valence-corrected chi connectivity index (χ2v) is 12.5. The highest BCUT2D eigenvalue weighted by molar-refractivity contribution is 7.89. The lowest BCUT2D eigenvalue weighted by Crippen LogP contribution is -2.60. The molecule has 1 N–H and O–H groups in total. The van der Waals surface area contributed by atoms with Gasteiger partial charge in [0.1, 0.15) is 6.04 Å². The standard InChI is InChI=1S/C24H21ClF3N3O5S2/c25-21-12-11-17(15-20(21)24(26,27)28)29-23(32)22-16-30(37(33,34)18-7-3-1-4-8-18)13-14-31(22)38(35,36)19-9-5-2-6-10-19/h1-12,15,22H,13-14,16H2,(H,29,32). The van der Waals surface area contributed by atoms with Crippen LogP contribution in [0.4, 0.5) is 18.9 Å². The smallest absolute Gasteiger partial charge is 0.325 e. The first-order valence-corrected chi connectivity index (χ1v) is 14.4. The third-order valence-corrected chi connectivity index (χ3v) is 10.00. The summed E-state index contributed by atoms with van der Waals surface area (Å²) in [6.07, 6.45) is -4.80. The van der Waals surface area contributed by atoms with Gasteiger partial charge in [0, 0.05) is 25.3 Å². The summed E-state index contributed by atoms with van der Waals surface area (Å²) in [5.74, 6) is -1.01. The molecule has 1 saturated heterocycles. The van der Waals surface area contributed by atoms with E-state index in [4.69, 9.17) is 11.6 Å². The van der Waals surface area contributed by atoms with Gasteiger partial charge < -0.3 is 5.32 Å². The minimum atomic E-state index is -4.80. The Morgan fingerprint density at radius 2 is 1.39 bits per heavy atom. The number of nitrogens with one attached hydrogen (secondary N) is 1. The Bertz CT molecular complexity index is 1540. The number of halogens is 4. The summed E-state index contributed by atoms with van der Waals surface area (Å²) in [6.45, 7) is -1.17. The predicted molar refractivity (Wildman–Crippen MR) is 134 cm³/mol. The van der Waals surface area contributed by atoms with Crippen LogP contribution in [-0.2, 0) is 31.0 Å². The van der Waals surface area contributed by atoms with Crippen LogP contribution in [0.25, 0.3) is 0 Å². The number of anilines is 1. The van der Waals surface area contributed by atoms with Crippen molar-refractivity contribution in [2.45, 2.75) is 22.0 Å². The monoisotopic (exact) mass is 587 g/mol. The fourth-order valence-electron chi connectivity index (χ4n) is 3.98. The van der Waals surface area contributed by atoms with E-state index >= 15 is 0 Å². The van der Waals surface area contributed by atoms with Gasteiger partial charge in [0.25, 0.3) is 0 Å². The van der Waals surface area contributed by atoms with E-state index < -0.39 is 55.3 Å². The Labute approximate surface area is 222 Å². The van der Waals surface area contributed by atoms with E-state index in [1.165, 1.54) is 48.5 Å². The van der Waals surface area contributed by atoms with Crippen LogP contribution in [-0.4, -0.2) is 57.0 Å². The highest BCUT2D eigenvalue weighted by Crippen LogP contribution is 2.36. The first kappa shape index (κ1) is 28.0. The largest absolute Gasteiger partial charge is 0.417 e.